The van der Waals surface area contributed by atoms with Crippen LogP contribution in [-0.4, -0.2) is 4.57 Å². The lowest BCUT2D eigenvalue weighted by Gasteiger charge is -2.09. The number of aromatic nitrogens is 1. The second-order valence-corrected chi connectivity index (χ2v) is 6.54. The molecule has 0 radical (unpaired) electrons. The molecule has 2 heteroatoms. The van der Waals surface area contributed by atoms with Gasteiger partial charge in [0.15, 0.2) is 0 Å². The summed E-state index contributed by atoms with van der Waals surface area (Å²) in [7, 11) is 0. The number of rotatable bonds is 4. The molecular formula is C20H20BrN. The average Bonchev–Trinajstić information content (AvgIpc) is 2.92. The third-order valence-corrected chi connectivity index (χ3v) is 4.46. The molecule has 0 amide bonds. The highest BCUT2D eigenvalue weighted by atomic mass is 79.9. The summed E-state index contributed by atoms with van der Waals surface area (Å²) in [6, 6.07) is 17.2. The van der Waals surface area contributed by atoms with E-state index in [0.717, 1.165) is 10.9 Å². The second-order valence-electron chi connectivity index (χ2n) is 5.62. The predicted octanol–water partition coefficient (Wildman–Crippen LogP) is 6.37. The van der Waals surface area contributed by atoms with Gasteiger partial charge >= 0.3 is 0 Å². The molecule has 0 bridgehead atoms. The van der Waals surface area contributed by atoms with Crippen LogP contribution in [0.1, 0.15) is 31.4 Å². The van der Waals surface area contributed by atoms with Crippen molar-refractivity contribution in [3.05, 3.63) is 70.3 Å². The van der Waals surface area contributed by atoms with Crippen molar-refractivity contribution < 1.29 is 0 Å². The van der Waals surface area contributed by atoms with E-state index >= 15 is 0 Å². The van der Waals surface area contributed by atoms with Crippen LogP contribution in [0.2, 0.25) is 0 Å². The van der Waals surface area contributed by atoms with Gasteiger partial charge in [-0.3, -0.25) is 0 Å². The summed E-state index contributed by atoms with van der Waals surface area (Å²) in [6.45, 7) is 4.40. The molecule has 0 N–H and O–H groups in total. The molecule has 0 unspecified atom stereocenters. The van der Waals surface area contributed by atoms with Gasteiger partial charge in [0.2, 0.25) is 0 Å². The van der Waals surface area contributed by atoms with Gasteiger partial charge in [0.25, 0.3) is 0 Å². The first-order chi connectivity index (χ1) is 10.7. The Morgan fingerprint density at radius 1 is 1.14 bits per heavy atom. The minimum atomic E-state index is 1.12. The summed E-state index contributed by atoms with van der Waals surface area (Å²) in [5.74, 6) is 0. The van der Waals surface area contributed by atoms with Gasteiger partial charge < -0.3 is 4.57 Å². The van der Waals surface area contributed by atoms with Crippen LogP contribution in [0.5, 0.6) is 0 Å². The summed E-state index contributed by atoms with van der Waals surface area (Å²) in [4.78, 5) is 0. The van der Waals surface area contributed by atoms with E-state index in [-0.39, 0.29) is 0 Å². The largest absolute Gasteiger partial charge is 0.321 e. The van der Waals surface area contributed by atoms with Crippen LogP contribution in [0.15, 0.2) is 59.2 Å². The molecule has 3 aromatic rings. The average molecular weight is 354 g/mol. The standard InChI is InChI=1S/C20H20BrN/c1-3-6-16-7-4-5-8-17(16)13-15(2)22-12-11-18-14-19(21)9-10-20(18)22/h4-5,7-14H,3,6H2,1-2H3/b15-13+. The van der Waals surface area contributed by atoms with Crippen molar-refractivity contribution in [1.29, 1.82) is 0 Å². The van der Waals surface area contributed by atoms with Gasteiger partial charge in [0.05, 0.1) is 5.52 Å². The van der Waals surface area contributed by atoms with Crippen LogP contribution in [-0.2, 0) is 6.42 Å². The zero-order chi connectivity index (χ0) is 15.5. The van der Waals surface area contributed by atoms with Crippen LogP contribution in [0.4, 0.5) is 0 Å². The van der Waals surface area contributed by atoms with Gasteiger partial charge in [0.1, 0.15) is 0 Å². The summed E-state index contributed by atoms with van der Waals surface area (Å²) < 4.78 is 3.37. The van der Waals surface area contributed by atoms with E-state index in [4.69, 9.17) is 0 Å². The van der Waals surface area contributed by atoms with Gasteiger partial charge in [-0.1, -0.05) is 53.5 Å². The van der Waals surface area contributed by atoms with E-state index in [9.17, 15) is 0 Å². The molecule has 2 aromatic carbocycles. The van der Waals surface area contributed by atoms with Crippen molar-refractivity contribution >= 4 is 38.6 Å². The predicted molar refractivity (Wildman–Crippen MR) is 99.9 cm³/mol. The highest BCUT2D eigenvalue weighted by molar-refractivity contribution is 9.10. The number of hydrogen-bond donors (Lipinski definition) is 0. The summed E-state index contributed by atoms with van der Waals surface area (Å²) in [6.07, 6.45) is 6.72. The van der Waals surface area contributed by atoms with Crippen LogP contribution in [0, 0.1) is 0 Å². The maximum atomic E-state index is 3.54. The molecule has 22 heavy (non-hydrogen) atoms. The number of halogens is 1. The van der Waals surface area contributed by atoms with Crippen molar-refractivity contribution in [3.8, 4) is 0 Å². The lowest BCUT2D eigenvalue weighted by atomic mass is 10.0. The maximum absolute atomic E-state index is 3.54. The Bertz CT molecular complexity index is 827. The minimum Gasteiger partial charge on any atom is -0.321 e. The molecule has 1 nitrogen and oxygen atoms in total. The molecule has 0 saturated heterocycles. The Balaban J connectivity index is 2.04. The second kappa shape index (κ2) is 6.53. The topological polar surface area (TPSA) is 4.93 Å². The van der Waals surface area contributed by atoms with Crippen molar-refractivity contribution in [3.63, 3.8) is 0 Å². The number of benzene rings is 2. The molecule has 0 spiro atoms. The highest BCUT2D eigenvalue weighted by Crippen LogP contribution is 2.25. The fraction of sp³-hybridized carbons (Fsp3) is 0.200. The quantitative estimate of drug-likeness (QED) is 0.513. The van der Waals surface area contributed by atoms with Crippen molar-refractivity contribution in [2.24, 2.45) is 0 Å². The molecule has 0 aliphatic rings. The Morgan fingerprint density at radius 3 is 2.77 bits per heavy atom. The number of aryl methyl sites for hydroxylation is 1. The van der Waals surface area contributed by atoms with Gasteiger partial charge in [-0.25, -0.2) is 0 Å². The van der Waals surface area contributed by atoms with E-state index in [1.54, 1.807) is 0 Å². The molecule has 0 atom stereocenters. The number of fused-ring (bicyclic) bond motifs is 1. The summed E-state index contributed by atoms with van der Waals surface area (Å²) in [5.41, 5.74) is 5.22. The van der Waals surface area contributed by atoms with Gasteiger partial charge in [-0.2, -0.15) is 0 Å². The summed E-state index contributed by atoms with van der Waals surface area (Å²) in [5, 5.41) is 1.25. The fourth-order valence-electron chi connectivity index (χ4n) is 2.89. The molecule has 0 saturated carbocycles. The van der Waals surface area contributed by atoms with Gasteiger partial charge in [0, 0.05) is 21.8 Å². The molecule has 112 valence electrons. The SMILES string of the molecule is CCCc1ccccc1/C=C(\C)n1ccc2cc(Br)ccc21. The zero-order valence-electron chi connectivity index (χ0n) is 13.0. The molecule has 0 fully saturated rings. The van der Waals surface area contributed by atoms with Crippen LogP contribution < -0.4 is 0 Å². The van der Waals surface area contributed by atoms with Crippen LogP contribution in [0.25, 0.3) is 22.7 Å². The van der Waals surface area contributed by atoms with E-state index < -0.39 is 0 Å². The third kappa shape index (κ3) is 3.02. The van der Waals surface area contributed by atoms with Gasteiger partial charge in [-0.05, 0) is 54.8 Å². The molecule has 0 aliphatic heterocycles. The fourth-order valence-corrected chi connectivity index (χ4v) is 3.27. The highest BCUT2D eigenvalue weighted by Gasteiger charge is 2.04. The van der Waals surface area contributed by atoms with Crippen molar-refractivity contribution in [2.45, 2.75) is 26.7 Å². The molecule has 0 aliphatic carbocycles. The Labute approximate surface area is 140 Å². The molecular weight excluding hydrogens is 334 g/mol. The van der Waals surface area contributed by atoms with E-state index in [2.05, 4.69) is 95.1 Å². The molecule has 3 rings (SSSR count). The lowest BCUT2D eigenvalue weighted by Crippen LogP contribution is -1.93. The Kier molecular flexibility index (Phi) is 4.49. The lowest BCUT2D eigenvalue weighted by molar-refractivity contribution is 0.919. The van der Waals surface area contributed by atoms with Crippen LogP contribution >= 0.6 is 15.9 Å². The minimum absolute atomic E-state index is 1.12. The molecule has 1 heterocycles. The summed E-state index contributed by atoms with van der Waals surface area (Å²) >= 11 is 3.54. The smallest absolute Gasteiger partial charge is 0.0525 e. The number of hydrogen-bond acceptors (Lipinski definition) is 0. The first-order valence-electron chi connectivity index (χ1n) is 7.72. The van der Waals surface area contributed by atoms with E-state index in [0.29, 0.717) is 0 Å². The molecule has 1 aromatic heterocycles. The van der Waals surface area contributed by atoms with Crippen molar-refractivity contribution in [2.75, 3.05) is 0 Å². The number of allylic oxidation sites excluding steroid dienone is 1. The monoisotopic (exact) mass is 353 g/mol. The van der Waals surface area contributed by atoms with E-state index in [1.807, 2.05) is 0 Å². The Morgan fingerprint density at radius 2 is 1.95 bits per heavy atom. The zero-order valence-corrected chi connectivity index (χ0v) is 14.6. The van der Waals surface area contributed by atoms with Gasteiger partial charge in [-0.15, -0.1) is 0 Å². The van der Waals surface area contributed by atoms with E-state index in [1.165, 1.54) is 34.1 Å². The number of nitrogens with zero attached hydrogens (tertiary/aromatic N) is 1. The first-order valence-corrected chi connectivity index (χ1v) is 8.51. The van der Waals surface area contributed by atoms with Crippen LogP contribution in [0.3, 0.4) is 0 Å². The maximum Gasteiger partial charge on any atom is 0.0525 e. The third-order valence-electron chi connectivity index (χ3n) is 3.97. The van der Waals surface area contributed by atoms with Crippen molar-refractivity contribution in [1.82, 2.24) is 4.57 Å². The Hall–Kier alpha value is -1.80. The normalized spacial score (nSPS) is 12.0. The first kappa shape index (κ1) is 15.1.